The normalized spacial score (nSPS) is 15.2. The molecule has 5 atom stereocenters. The van der Waals surface area contributed by atoms with Gasteiger partial charge in [0.1, 0.15) is 12.6 Å². The molecule has 1 fully saturated rings. The van der Waals surface area contributed by atoms with Crippen LogP contribution in [0.4, 0.5) is 10.5 Å². The molecule has 0 saturated carbocycles. The Morgan fingerprint density at radius 3 is 2.23 bits per heavy atom. The fraction of sp³-hybridized carbons (Fsp3) is 0.681. The summed E-state index contributed by atoms with van der Waals surface area (Å²) in [7, 11) is 1.57. The molecule has 8 amide bonds. The number of hydrogen-bond acceptors (Lipinski definition) is 15. The molecule has 0 radical (unpaired) electrons. The average molecular weight is 993 g/mol. The first-order valence-corrected chi connectivity index (χ1v) is 25.0. The number of amides is 8. The van der Waals surface area contributed by atoms with Crippen molar-refractivity contribution >= 4 is 70.7 Å². The molecule has 0 aliphatic carbocycles. The van der Waals surface area contributed by atoms with Crippen LogP contribution in [0.25, 0.3) is 0 Å². The van der Waals surface area contributed by atoms with E-state index in [1.165, 1.54) is 18.7 Å². The molecule has 9 N–H and O–H groups in total. The first-order valence-electron chi connectivity index (χ1n) is 23.7. The number of benzene rings is 1. The highest BCUT2D eigenvalue weighted by Gasteiger charge is 2.37. The Labute approximate surface area is 409 Å². The number of nitrogens with zero attached hydrogens (tertiary/aromatic N) is 1. The van der Waals surface area contributed by atoms with Crippen LogP contribution in [0.2, 0.25) is 0 Å². The third-order valence-electron chi connectivity index (χ3n) is 11.1. The van der Waals surface area contributed by atoms with E-state index in [1.54, 1.807) is 37.6 Å². The van der Waals surface area contributed by atoms with Gasteiger partial charge in [-0.15, -0.1) is 0 Å². The van der Waals surface area contributed by atoms with Gasteiger partial charge in [0.15, 0.2) is 5.78 Å². The highest BCUT2D eigenvalue weighted by atomic mass is 32.2. The van der Waals surface area contributed by atoms with E-state index in [-0.39, 0.29) is 93.8 Å². The number of aliphatic hydroxyl groups excluding tert-OH is 1. The fourth-order valence-corrected chi connectivity index (χ4v) is 8.01. The lowest BCUT2D eigenvalue weighted by Gasteiger charge is -2.23. The van der Waals surface area contributed by atoms with Crippen LogP contribution in [0.15, 0.2) is 24.3 Å². The second-order valence-electron chi connectivity index (χ2n) is 17.3. The number of ketones is 1. The monoisotopic (exact) mass is 993 g/mol. The van der Waals surface area contributed by atoms with E-state index in [4.69, 9.17) is 19.9 Å². The molecular weight excluding hydrogens is 917 g/mol. The lowest BCUT2D eigenvalue weighted by atomic mass is 9.93. The predicted octanol–water partition coefficient (Wildman–Crippen LogP) is 1.54. The van der Waals surface area contributed by atoms with Crippen molar-refractivity contribution in [2.75, 3.05) is 77.8 Å². The van der Waals surface area contributed by atoms with E-state index in [0.717, 1.165) is 4.90 Å². The number of unbranched alkanes of at least 4 members (excludes halogenated alkanes) is 1. The van der Waals surface area contributed by atoms with Crippen LogP contribution in [0.1, 0.15) is 97.0 Å². The standard InChI is InChI=1S/C47H76N8O13S/c1-31(2)25-37(53-41(59)17-16-39(52-32(3)57)45(63)49-19-8-22-67-24-23-66-4)15-12-35(29-56)43(61)51-28-38(58)26-34(9-6-7-18-48)44(62)54-36-13-10-33(11-14-36)30-68-47(65)50-20-21-55-42(60)27-40(69-5)46(55)64/h10-11,13-14,31,34-35,37,39-40,56H,6-9,12,15-30,48H2,1-5H3,(H,49,63)(H,50,65)(H,51,61)(H,52,57)(H,53,59)(H,54,62)/t34-,35+,37-,39+,40?/m1/s1. The van der Waals surface area contributed by atoms with Gasteiger partial charge in [-0.1, -0.05) is 32.4 Å². The van der Waals surface area contributed by atoms with Crippen molar-refractivity contribution in [2.24, 2.45) is 23.5 Å². The molecule has 69 heavy (non-hydrogen) atoms. The molecular formula is C47H76N8O13S. The summed E-state index contributed by atoms with van der Waals surface area (Å²) < 4.78 is 15.6. The molecule has 1 aliphatic heterocycles. The molecule has 2 rings (SSSR count). The molecule has 1 unspecified atom stereocenters. The number of carbonyl (C=O) groups is 9. The molecule has 1 saturated heterocycles. The quantitative estimate of drug-likeness (QED) is 0.0350. The van der Waals surface area contributed by atoms with E-state index in [0.29, 0.717) is 82.7 Å². The van der Waals surface area contributed by atoms with Crippen LogP contribution in [-0.2, 0) is 59.2 Å². The van der Waals surface area contributed by atoms with Crippen molar-refractivity contribution in [3.63, 3.8) is 0 Å². The number of imide groups is 1. The lowest BCUT2D eigenvalue weighted by molar-refractivity contribution is -0.138. The second-order valence-corrected chi connectivity index (χ2v) is 18.4. The summed E-state index contributed by atoms with van der Waals surface area (Å²) in [6, 6.07) is 5.30. The summed E-state index contributed by atoms with van der Waals surface area (Å²) in [4.78, 5) is 115. The maximum absolute atomic E-state index is 13.4. The van der Waals surface area contributed by atoms with Gasteiger partial charge in [0.2, 0.25) is 41.4 Å². The number of aliphatic hydroxyl groups is 1. The van der Waals surface area contributed by atoms with Crippen LogP contribution >= 0.6 is 11.8 Å². The fourth-order valence-electron chi connectivity index (χ4n) is 7.38. The van der Waals surface area contributed by atoms with E-state index in [2.05, 4.69) is 31.9 Å². The minimum atomic E-state index is -0.919. The number of carbonyl (C=O) groups excluding carboxylic acids is 9. The Morgan fingerprint density at radius 1 is 0.855 bits per heavy atom. The largest absolute Gasteiger partial charge is 0.445 e. The van der Waals surface area contributed by atoms with Crippen LogP contribution in [-0.4, -0.2) is 153 Å². The molecule has 0 spiro atoms. The summed E-state index contributed by atoms with van der Waals surface area (Å²) in [6.45, 7) is 6.47. The van der Waals surface area contributed by atoms with E-state index in [1.807, 2.05) is 13.8 Å². The maximum Gasteiger partial charge on any atom is 0.407 e. The van der Waals surface area contributed by atoms with E-state index >= 15 is 0 Å². The predicted molar refractivity (Wildman–Crippen MR) is 259 cm³/mol. The first-order chi connectivity index (χ1) is 33.0. The zero-order valence-corrected chi connectivity index (χ0v) is 41.7. The minimum Gasteiger partial charge on any atom is -0.445 e. The number of nitrogens with one attached hydrogen (secondary N) is 6. The summed E-state index contributed by atoms with van der Waals surface area (Å²) in [6.07, 6.45) is 4.31. The van der Waals surface area contributed by atoms with Gasteiger partial charge in [-0.3, -0.25) is 43.3 Å². The SMILES string of the molecule is COCCOCCCNC(=O)[C@H](CCC(=O)N[C@H](CC[C@@H](CO)C(=O)NCC(=O)C[C@@H](CCCCN)C(=O)Nc1ccc(COC(=O)NCCN2C(=O)CC(SC)C2=O)cc1)CC(C)C)NC(C)=O. The molecule has 21 nitrogen and oxygen atoms in total. The Kier molecular flexibility index (Phi) is 29.7. The molecule has 1 aromatic rings. The van der Waals surface area contributed by atoms with Crippen molar-refractivity contribution in [3.8, 4) is 0 Å². The Balaban J connectivity index is 1.86. The third-order valence-corrected chi connectivity index (χ3v) is 12.1. The van der Waals surface area contributed by atoms with Gasteiger partial charge in [-0.25, -0.2) is 4.79 Å². The molecule has 0 aromatic heterocycles. The molecule has 1 aromatic carbocycles. The number of anilines is 1. The third kappa shape index (κ3) is 24.8. The number of ether oxygens (including phenoxy) is 3. The number of thioether (sulfide) groups is 1. The molecule has 1 heterocycles. The van der Waals surface area contributed by atoms with Crippen molar-refractivity contribution < 1.29 is 62.5 Å². The van der Waals surface area contributed by atoms with Crippen LogP contribution < -0.4 is 37.6 Å². The molecule has 22 heteroatoms. The number of alkyl carbamates (subject to hydrolysis) is 1. The number of likely N-dealkylation sites (tertiary alicyclic amines) is 1. The van der Waals surface area contributed by atoms with Crippen LogP contribution in [0, 0.1) is 17.8 Å². The number of Topliss-reactive ketones (excluding diaryl/α,β-unsaturated/α-hetero) is 1. The van der Waals surface area contributed by atoms with Crippen LogP contribution in [0.5, 0.6) is 0 Å². The second kappa shape index (κ2) is 34.2. The lowest BCUT2D eigenvalue weighted by Crippen LogP contribution is -2.47. The maximum atomic E-state index is 13.4. The van der Waals surface area contributed by atoms with Crippen molar-refractivity contribution in [3.05, 3.63) is 29.8 Å². The molecule has 0 bridgehead atoms. The number of rotatable bonds is 36. The highest BCUT2D eigenvalue weighted by Crippen LogP contribution is 2.23. The van der Waals surface area contributed by atoms with Crippen molar-refractivity contribution in [1.82, 2.24) is 31.5 Å². The van der Waals surface area contributed by atoms with E-state index < -0.39 is 59.5 Å². The Hall–Kier alpha value is -5.16. The topological polar surface area (TPSA) is 303 Å². The summed E-state index contributed by atoms with van der Waals surface area (Å²) in [5, 5.41) is 26.1. The Morgan fingerprint density at radius 2 is 1.59 bits per heavy atom. The highest BCUT2D eigenvalue weighted by molar-refractivity contribution is 8.00. The smallest absolute Gasteiger partial charge is 0.407 e. The van der Waals surface area contributed by atoms with Gasteiger partial charge in [-0.2, -0.15) is 11.8 Å². The van der Waals surface area contributed by atoms with E-state index in [9.17, 15) is 48.3 Å². The first kappa shape index (κ1) is 60.0. The summed E-state index contributed by atoms with van der Waals surface area (Å²) in [5.41, 5.74) is 6.76. The van der Waals surface area contributed by atoms with Gasteiger partial charge in [0.05, 0.1) is 37.5 Å². The number of hydrogen-bond donors (Lipinski definition) is 8. The zero-order chi connectivity index (χ0) is 51.1. The summed E-state index contributed by atoms with van der Waals surface area (Å²) >= 11 is 1.31. The molecule has 1 aliphatic rings. The summed E-state index contributed by atoms with van der Waals surface area (Å²) in [5.74, 6) is -4.46. The van der Waals surface area contributed by atoms with Gasteiger partial charge in [-0.05, 0) is 81.4 Å². The van der Waals surface area contributed by atoms with Gasteiger partial charge in [0.25, 0.3) is 0 Å². The number of nitrogens with two attached hydrogens (primary N) is 1. The number of methoxy groups -OCH3 is 1. The van der Waals surface area contributed by atoms with Crippen molar-refractivity contribution in [2.45, 2.75) is 115 Å². The minimum absolute atomic E-state index is 0.0423. The average Bonchev–Trinajstić information content (AvgIpc) is 3.59. The Bertz CT molecular complexity index is 1800. The molecule has 388 valence electrons. The van der Waals surface area contributed by atoms with Gasteiger partial charge in [0, 0.05) is 77.2 Å². The van der Waals surface area contributed by atoms with Gasteiger partial charge < -0.3 is 57.0 Å². The van der Waals surface area contributed by atoms with Gasteiger partial charge >= 0.3 is 6.09 Å². The van der Waals surface area contributed by atoms with Crippen LogP contribution in [0.3, 0.4) is 0 Å². The zero-order valence-electron chi connectivity index (χ0n) is 40.9. The van der Waals surface area contributed by atoms with Crippen molar-refractivity contribution in [1.29, 1.82) is 0 Å².